The van der Waals surface area contributed by atoms with Crippen LogP contribution in [0.25, 0.3) is 0 Å². The van der Waals surface area contributed by atoms with Crippen LogP contribution in [0.15, 0.2) is 18.2 Å². The molecule has 1 aromatic carbocycles. The van der Waals surface area contributed by atoms with Crippen molar-refractivity contribution >= 4 is 23.2 Å². The van der Waals surface area contributed by atoms with Gasteiger partial charge in [-0.05, 0) is 55.2 Å². The lowest BCUT2D eigenvalue weighted by molar-refractivity contribution is 0.217. The lowest BCUT2D eigenvalue weighted by Gasteiger charge is -2.33. The Morgan fingerprint density at radius 3 is 2.33 bits per heavy atom. The first-order chi connectivity index (χ1) is 9.92. The molecular weight excluding hydrogens is 301 g/mol. The Hall–Kier alpha value is -0.240. The SMILES string of the molecule is CC(C)CC1(CNC(C)c2ccc(Cl)c(Cl)c2)CCCC1. The fourth-order valence-corrected chi connectivity index (χ4v) is 4.02. The van der Waals surface area contributed by atoms with Crippen molar-refractivity contribution in [2.45, 2.75) is 58.9 Å². The molecule has 118 valence electrons. The summed E-state index contributed by atoms with van der Waals surface area (Å²) in [6.45, 7) is 7.98. The number of nitrogens with one attached hydrogen (secondary N) is 1. The zero-order valence-corrected chi connectivity index (χ0v) is 14.9. The van der Waals surface area contributed by atoms with E-state index >= 15 is 0 Å². The van der Waals surface area contributed by atoms with Gasteiger partial charge in [-0.1, -0.05) is 56.0 Å². The van der Waals surface area contributed by atoms with E-state index in [9.17, 15) is 0 Å². The minimum absolute atomic E-state index is 0.310. The van der Waals surface area contributed by atoms with Gasteiger partial charge in [0.05, 0.1) is 10.0 Å². The summed E-state index contributed by atoms with van der Waals surface area (Å²) in [6.07, 6.45) is 6.83. The zero-order chi connectivity index (χ0) is 15.5. The molecule has 0 heterocycles. The van der Waals surface area contributed by atoms with E-state index < -0.39 is 0 Å². The van der Waals surface area contributed by atoms with Gasteiger partial charge in [0.1, 0.15) is 0 Å². The van der Waals surface area contributed by atoms with E-state index in [2.05, 4.69) is 32.2 Å². The van der Waals surface area contributed by atoms with Gasteiger partial charge in [-0.15, -0.1) is 0 Å². The van der Waals surface area contributed by atoms with Crippen LogP contribution in [0.5, 0.6) is 0 Å². The summed E-state index contributed by atoms with van der Waals surface area (Å²) in [4.78, 5) is 0. The quantitative estimate of drug-likeness (QED) is 0.651. The maximum absolute atomic E-state index is 6.12. The molecule has 1 unspecified atom stereocenters. The van der Waals surface area contributed by atoms with Crippen molar-refractivity contribution in [3.05, 3.63) is 33.8 Å². The maximum atomic E-state index is 6.12. The lowest BCUT2D eigenvalue weighted by Crippen LogP contribution is -2.34. The summed E-state index contributed by atoms with van der Waals surface area (Å²) >= 11 is 12.1. The van der Waals surface area contributed by atoms with Crippen molar-refractivity contribution in [3.8, 4) is 0 Å². The van der Waals surface area contributed by atoms with Gasteiger partial charge in [0, 0.05) is 12.6 Å². The first-order valence-corrected chi connectivity index (χ1v) is 8.86. The molecule has 2 rings (SSSR count). The van der Waals surface area contributed by atoms with Crippen molar-refractivity contribution in [1.29, 1.82) is 0 Å². The number of hydrogen-bond donors (Lipinski definition) is 1. The smallest absolute Gasteiger partial charge is 0.0595 e. The van der Waals surface area contributed by atoms with Crippen LogP contribution in [0.3, 0.4) is 0 Å². The van der Waals surface area contributed by atoms with Gasteiger partial charge < -0.3 is 5.32 Å². The van der Waals surface area contributed by atoms with Gasteiger partial charge in [-0.2, -0.15) is 0 Å². The molecule has 21 heavy (non-hydrogen) atoms. The average molecular weight is 328 g/mol. The third kappa shape index (κ3) is 4.61. The number of benzene rings is 1. The van der Waals surface area contributed by atoms with Crippen LogP contribution >= 0.6 is 23.2 Å². The van der Waals surface area contributed by atoms with E-state index in [1.165, 1.54) is 37.7 Å². The van der Waals surface area contributed by atoms with Crippen molar-refractivity contribution in [3.63, 3.8) is 0 Å². The molecule has 0 spiro atoms. The van der Waals surface area contributed by atoms with Crippen molar-refractivity contribution in [1.82, 2.24) is 5.32 Å². The summed E-state index contributed by atoms with van der Waals surface area (Å²) in [5, 5.41) is 5.00. The second-order valence-electron chi connectivity index (χ2n) is 7.08. The van der Waals surface area contributed by atoms with E-state index in [0.29, 0.717) is 21.5 Å². The first-order valence-electron chi connectivity index (χ1n) is 8.10. The minimum Gasteiger partial charge on any atom is -0.310 e. The molecule has 1 atom stereocenters. The van der Waals surface area contributed by atoms with Crippen molar-refractivity contribution < 1.29 is 0 Å². The largest absolute Gasteiger partial charge is 0.310 e. The van der Waals surface area contributed by atoms with Crippen LogP contribution in [0, 0.1) is 11.3 Å². The molecule has 1 fully saturated rings. The normalized spacial score (nSPS) is 19.1. The van der Waals surface area contributed by atoms with Gasteiger partial charge in [-0.3, -0.25) is 0 Å². The van der Waals surface area contributed by atoms with E-state index in [0.717, 1.165) is 12.5 Å². The Morgan fingerprint density at radius 1 is 1.10 bits per heavy atom. The molecule has 0 bridgehead atoms. The second-order valence-corrected chi connectivity index (χ2v) is 7.90. The van der Waals surface area contributed by atoms with Crippen molar-refractivity contribution in [2.75, 3.05) is 6.54 Å². The highest BCUT2D eigenvalue weighted by Gasteiger charge is 2.34. The van der Waals surface area contributed by atoms with Gasteiger partial charge in [0.25, 0.3) is 0 Å². The summed E-state index contributed by atoms with van der Waals surface area (Å²) in [7, 11) is 0. The van der Waals surface area contributed by atoms with E-state index in [1.54, 1.807) is 0 Å². The number of hydrogen-bond acceptors (Lipinski definition) is 1. The van der Waals surface area contributed by atoms with Crippen molar-refractivity contribution in [2.24, 2.45) is 11.3 Å². The van der Waals surface area contributed by atoms with Gasteiger partial charge in [0.2, 0.25) is 0 Å². The molecular formula is C18H27Cl2N. The summed E-state index contributed by atoms with van der Waals surface area (Å²) < 4.78 is 0. The first kappa shape index (κ1) is 17.1. The van der Waals surface area contributed by atoms with E-state index in [1.807, 2.05) is 12.1 Å². The number of halogens is 2. The Kier molecular flexibility index (Phi) is 5.99. The summed E-state index contributed by atoms with van der Waals surface area (Å²) in [5.74, 6) is 0.769. The summed E-state index contributed by atoms with van der Waals surface area (Å²) in [5.41, 5.74) is 1.71. The molecule has 0 amide bonds. The Morgan fingerprint density at radius 2 is 1.76 bits per heavy atom. The average Bonchev–Trinajstić information content (AvgIpc) is 2.87. The van der Waals surface area contributed by atoms with Crippen LogP contribution in [0.4, 0.5) is 0 Å². The molecule has 1 N–H and O–H groups in total. The van der Waals surface area contributed by atoms with E-state index in [4.69, 9.17) is 23.2 Å². The van der Waals surface area contributed by atoms with Crippen LogP contribution in [0.1, 0.15) is 64.5 Å². The minimum atomic E-state index is 0.310. The van der Waals surface area contributed by atoms with E-state index in [-0.39, 0.29) is 0 Å². The Labute approximate surface area is 139 Å². The standard InChI is InChI=1S/C18H27Cl2N/c1-13(2)11-18(8-4-5-9-18)12-21-14(3)15-6-7-16(19)17(20)10-15/h6-7,10,13-14,21H,4-5,8-9,11-12H2,1-3H3. The monoisotopic (exact) mass is 327 g/mol. The Bertz CT molecular complexity index is 464. The predicted molar refractivity (Wildman–Crippen MR) is 93.2 cm³/mol. The fourth-order valence-electron chi connectivity index (χ4n) is 3.71. The van der Waals surface area contributed by atoms with Gasteiger partial charge in [0.15, 0.2) is 0 Å². The van der Waals surface area contributed by atoms with Crippen LogP contribution in [0.2, 0.25) is 10.0 Å². The highest BCUT2D eigenvalue weighted by molar-refractivity contribution is 6.42. The van der Waals surface area contributed by atoms with Crippen LogP contribution < -0.4 is 5.32 Å². The summed E-state index contributed by atoms with van der Waals surface area (Å²) in [6, 6.07) is 6.24. The topological polar surface area (TPSA) is 12.0 Å². The molecule has 0 radical (unpaired) electrons. The number of rotatable bonds is 6. The molecule has 0 aliphatic heterocycles. The predicted octanol–water partition coefficient (Wildman–Crippen LogP) is 6.25. The molecule has 1 saturated carbocycles. The molecule has 3 heteroatoms. The highest BCUT2D eigenvalue weighted by atomic mass is 35.5. The van der Waals surface area contributed by atoms with Crippen LogP contribution in [-0.4, -0.2) is 6.54 Å². The van der Waals surface area contributed by atoms with Gasteiger partial charge >= 0.3 is 0 Å². The molecule has 0 aromatic heterocycles. The maximum Gasteiger partial charge on any atom is 0.0595 e. The Balaban J connectivity index is 1.98. The molecule has 1 aliphatic carbocycles. The third-order valence-corrected chi connectivity index (χ3v) is 5.47. The molecule has 1 nitrogen and oxygen atoms in total. The lowest BCUT2D eigenvalue weighted by atomic mass is 9.78. The third-order valence-electron chi connectivity index (χ3n) is 4.73. The second kappa shape index (κ2) is 7.35. The van der Waals surface area contributed by atoms with Crippen LogP contribution in [-0.2, 0) is 0 Å². The van der Waals surface area contributed by atoms with Gasteiger partial charge in [-0.25, -0.2) is 0 Å². The molecule has 1 aromatic rings. The zero-order valence-electron chi connectivity index (χ0n) is 13.4. The fraction of sp³-hybridized carbons (Fsp3) is 0.667. The highest BCUT2D eigenvalue weighted by Crippen LogP contribution is 2.43. The molecule has 1 aliphatic rings. The molecule has 0 saturated heterocycles.